The van der Waals surface area contributed by atoms with Crippen molar-refractivity contribution >= 4 is 52.2 Å². The highest BCUT2D eigenvalue weighted by molar-refractivity contribution is 8.18. The Bertz CT molecular complexity index is 1260. The molecule has 1 saturated heterocycles. The van der Waals surface area contributed by atoms with Crippen molar-refractivity contribution in [2.45, 2.75) is 6.61 Å². The first-order chi connectivity index (χ1) is 16.4. The number of imide groups is 1. The van der Waals surface area contributed by atoms with Gasteiger partial charge < -0.3 is 10.1 Å². The van der Waals surface area contributed by atoms with Crippen molar-refractivity contribution in [2.24, 2.45) is 0 Å². The number of nitrogens with zero attached hydrogens (tertiary/aromatic N) is 1. The van der Waals surface area contributed by atoms with Gasteiger partial charge in [0.05, 0.1) is 4.91 Å². The minimum atomic E-state index is -0.543. The summed E-state index contributed by atoms with van der Waals surface area (Å²) in [6.07, 6.45) is 1.58. The third kappa shape index (κ3) is 6.03. The van der Waals surface area contributed by atoms with E-state index in [2.05, 4.69) is 5.32 Å². The van der Waals surface area contributed by atoms with Gasteiger partial charge in [0.25, 0.3) is 11.1 Å². The first kappa shape index (κ1) is 23.5. The fourth-order valence-corrected chi connectivity index (χ4v) is 4.07. The van der Waals surface area contributed by atoms with E-state index in [1.807, 2.05) is 0 Å². The molecule has 9 heteroatoms. The van der Waals surface area contributed by atoms with Crippen LogP contribution in [0.2, 0.25) is 5.02 Å². The molecule has 1 fully saturated rings. The molecule has 0 bridgehead atoms. The molecule has 1 aliphatic rings. The van der Waals surface area contributed by atoms with Gasteiger partial charge in [-0.15, -0.1) is 0 Å². The number of hydrogen-bond acceptors (Lipinski definition) is 5. The smallest absolute Gasteiger partial charge is 0.294 e. The van der Waals surface area contributed by atoms with Gasteiger partial charge in [0, 0.05) is 10.7 Å². The van der Waals surface area contributed by atoms with Crippen molar-refractivity contribution in [3.05, 3.63) is 99.7 Å². The van der Waals surface area contributed by atoms with Crippen LogP contribution in [-0.2, 0) is 16.2 Å². The lowest BCUT2D eigenvalue weighted by Gasteiger charge is -2.12. The zero-order chi connectivity index (χ0) is 24.1. The summed E-state index contributed by atoms with van der Waals surface area (Å²) >= 11 is 6.60. The summed E-state index contributed by atoms with van der Waals surface area (Å²) in [6.45, 7) is -0.144. The molecule has 3 amide bonds. The summed E-state index contributed by atoms with van der Waals surface area (Å²) in [5.74, 6) is -0.803. The van der Waals surface area contributed by atoms with E-state index in [0.29, 0.717) is 22.0 Å². The summed E-state index contributed by atoms with van der Waals surface area (Å²) in [5.41, 5.74) is 1.98. The van der Waals surface area contributed by atoms with E-state index in [0.717, 1.165) is 22.2 Å². The molecule has 6 nitrogen and oxygen atoms in total. The van der Waals surface area contributed by atoms with Gasteiger partial charge in [-0.1, -0.05) is 35.9 Å². The average Bonchev–Trinajstić information content (AvgIpc) is 3.08. The average molecular weight is 497 g/mol. The van der Waals surface area contributed by atoms with E-state index >= 15 is 0 Å². The van der Waals surface area contributed by atoms with Crippen LogP contribution in [0.1, 0.15) is 11.1 Å². The minimum Gasteiger partial charge on any atom is -0.489 e. The maximum Gasteiger partial charge on any atom is 0.294 e. The lowest BCUT2D eigenvalue weighted by molar-refractivity contribution is -0.127. The fourth-order valence-electron chi connectivity index (χ4n) is 3.11. The van der Waals surface area contributed by atoms with E-state index in [9.17, 15) is 18.8 Å². The number of hydrogen-bond donors (Lipinski definition) is 1. The Hall–Kier alpha value is -3.62. The highest BCUT2D eigenvalue weighted by Crippen LogP contribution is 2.32. The molecule has 0 spiro atoms. The van der Waals surface area contributed by atoms with Gasteiger partial charge in [-0.25, -0.2) is 4.39 Å². The Kier molecular flexibility index (Phi) is 7.30. The highest BCUT2D eigenvalue weighted by atomic mass is 35.5. The molecule has 0 saturated carbocycles. The number of carbonyl (C=O) groups excluding carboxylic acids is 3. The van der Waals surface area contributed by atoms with Crippen LogP contribution < -0.4 is 10.1 Å². The molecule has 4 rings (SSSR count). The number of ether oxygens (including phenoxy) is 1. The number of carbonyl (C=O) groups is 3. The van der Waals surface area contributed by atoms with Crippen LogP contribution in [0.25, 0.3) is 6.08 Å². The van der Waals surface area contributed by atoms with Crippen LogP contribution in [0.4, 0.5) is 14.9 Å². The highest BCUT2D eigenvalue weighted by Gasteiger charge is 2.36. The number of rotatable bonds is 7. The summed E-state index contributed by atoms with van der Waals surface area (Å²) in [5, 5.41) is 2.63. The third-order valence-corrected chi connectivity index (χ3v) is 5.94. The zero-order valence-corrected chi connectivity index (χ0v) is 19.2. The molecule has 3 aromatic carbocycles. The second-order valence-corrected chi connectivity index (χ2v) is 8.74. The van der Waals surface area contributed by atoms with Gasteiger partial charge in [0.1, 0.15) is 24.7 Å². The van der Waals surface area contributed by atoms with E-state index in [1.54, 1.807) is 66.7 Å². The second kappa shape index (κ2) is 10.5. The molecule has 0 unspecified atom stereocenters. The maximum atomic E-state index is 13.0. The van der Waals surface area contributed by atoms with Crippen molar-refractivity contribution in [3.63, 3.8) is 0 Å². The predicted molar refractivity (Wildman–Crippen MR) is 130 cm³/mol. The first-order valence-corrected chi connectivity index (χ1v) is 11.3. The number of amides is 3. The van der Waals surface area contributed by atoms with Gasteiger partial charge in [0.15, 0.2) is 0 Å². The topological polar surface area (TPSA) is 75.7 Å². The van der Waals surface area contributed by atoms with Crippen LogP contribution in [0, 0.1) is 5.82 Å². The number of thioether (sulfide) groups is 1. The lowest BCUT2D eigenvalue weighted by Crippen LogP contribution is -2.36. The molecule has 1 aliphatic heterocycles. The van der Waals surface area contributed by atoms with E-state index in [4.69, 9.17) is 16.3 Å². The summed E-state index contributed by atoms with van der Waals surface area (Å²) in [4.78, 5) is 38.5. The van der Waals surface area contributed by atoms with Crippen molar-refractivity contribution in [1.82, 2.24) is 4.90 Å². The molecule has 1 N–H and O–H groups in total. The summed E-state index contributed by atoms with van der Waals surface area (Å²) in [7, 11) is 0. The largest absolute Gasteiger partial charge is 0.489 e. The number of halogens is 2. The van der Waals surface area contributed by atoms with Crippen molar-refractivity contribution in [2.75, 3.05) is 11.9 Å². The number of benzene rings is 3. The monoisotopic (exact) mass is 496 g/mol. The lowest BCUT2D eigenvalue weighted by atomic mass is 10.2. The van der Waals surface area contributed by atoms with Gasteiger partial charge in [-0.2, -0.15) is 0 Å². The first-order valence-electron chi connectivity index (χ1n) is 10.2. The van der Waals surface area contributed by atoms with Crippen molar-refractivity contribution in [3.8, 4) is 5.75 Å². The maximum absolute atomic E-state index is 13.0. The van der Waals surface area contributed by atoms with Crippen LogP contribution in [0.5, 0.6) is 5.75 Å². The SMILES string of the molecule is O=C(CN1C(=O)S/C(=C/c2cccc(OCc3ccc(F)cc3)c2)C1=O)Nc1ccc(Cl)cc1. The fraction of sp³-hybridized carbons (Fsp3) is 0.0800. The Morgan fingerprint density at radius 1 is 1.06 bits per heavy atom. The van der Waals surface area contributed by atoms with E-state index in [-0.39, 0.29) is 17.3 Å². The van der Waals surface area contributed by atoms with Gasteiger partial charge in [-0.3, -0.25) is 19.3 Å². The minimum absolute atomic E-state index is 0.208. The van der Waals surface area contributed by atoms with Crippen molar-refractivity contribution < 1.29 is 23.5 Å². The Morgan fingerprint density at radius 2 is 1.79 bits per heavy atom. The molecule has 0 radical (unpaired) electrons. The zero-order valence-electron chi connectivity index (χ0n) is 17.7. The van der Waals surface area contributed by atoms with E-state index in [1.165, 1.54) is 12.1 Å². The van der Waals surface area contributed by atoms with Gasteiger partial charge in [0.2, 0.25) is 5.91 Å². The van der Waals surface area contributed by atoms with Gasteiger partial charge >= 0.3 is 0 Å². The van der Waals surface area contributed by atoms with Crippen LogP contribution >= 0.6 is 23.4 Å². The molecule has 1 heterocycles. The number of nitrogens with one attached hydrogen (secondary N) is 1. The van der Waals surface area contributed by atoms with E-state index < -0.39 is 23.6 Å². The molecular weight excluding hydrogens is 479 g/mol. The Balaban J connectivity index is 1.39. The summed E-state index contributed by atoms with van der Waals surface area (Å²) in [6, 6.07) is 19.5. The Morgan fingerprint density at radius 3 is 2.53 bits per heavy atom. The van der Waals surface area contributed by atoms with Crippen LogP contribution in [-0.4, -0.2) is 28.5 Å². The molecule has 3 aromatic rings. The standard InChI is InChI=1S/C25H18ClFN2O4S/c26-18-6-10-20(11-7-18)28-23(30)14-29-24(31)22(34-25(29)32)13-17-2-1-3-21(12-17)33-15-16-4-8-19(27)9-5-16/h1-13H,14-15H2,(H,28,30)/b22-13+. The molecule has 0 atom stereocenters. The number of anilines is 1. The van der Waals surface area contributed by atoms with Gasteiger partial charge in [-0.05, 0) is 77.5 Å². The molecule has 0 aromatic heterocycles. The van der Waals surface area contributed by atoms with Crippen LogP contribution in [0.3, 0.4) is 0 Å². The third-order valence-electron chi connectivity index (χ3n) is 4.78. The van der Waals surface area contributed by atoms with Crippen molar-refractivity contribution in [1.29, 1.82) is 0 Å². The molecule has 34 heavy (non-hydrogen) atoms. The normalized spacial score (nSPS) is 14.5. The Labute approximate surface area is 204 Å². The quantitative estimate of drug-likeness (QED) is 0.422. The predicted octanol–water partition coefficient (Wildman–Crippen LogP) is 5.73. The molecular formula is C25H18ClFN2O4S. The second-order valence-electron chi connectivity index (χ2n) is 7.31. The summed E-state index contributed by atoms with van der Waals surface area (Å²) < 4.78 is 18.8. The van der Waals surface area contributed by atoms with Crippen LogP contribution in [0.15, 0.2) is 77.7 Å². The molecule has 0 aliphatic carbocycles. The molecule has 172 valence electrons.